The molecule has 0 aliphatic carbocycles. The van der Waals surface area contributed by atoms with Crippen LogP contribution in [-0.2, 0) is 21.2 Å². The molecule has 20 heavy (non-hydrogen) atoms. The molecule has 0 bridgehead atoms. The van der Waals surface area contributed by atoms with Crippen LogP contribution >= 0.6 is 11.3 Å². The molecule has 0 aliphatic rings. The Bertz CT molecular complexity index is 634. The lowest BCUT2D eigenvalue weighted by Crippen LogP contribution is -2.31. The molecule has 0 aromatic carbocycles. The molecule has 2 aromatic rings. The van der Waals surface area contributed by atoms with Gasteiger partial charge in [-0.1, -0.05) is 6.92 Å². The summed E-state index contributed by atoms with van der Waals surface area (Å²) < 4.78 is 37.6. The first-order valence-electron chi connectivity index (χ1n) is 6.06. The maximum absolute atomic E-state index is 12.2. The van der Waals surface area contributed by atoms with Gasteiger partial charge in [0.15, 0.2) is 0 Å². The summed E-state index contributed by atoms with van der Waals surface area (Å²) in [7, 11) is -2.16. The fourth-order valence-corrected chi connectivity index (χ4v) is 3.73. The monoisotopic (exact) mass is 316 g/mol. The highest BCUT2D eigenvalue weighted by atomic mass is 32.2. The second kappa shape index (κ2) is 6.49. The predicted molar refractivity (Wildman–Crippen MR) is 75.1 cm³/mol. The van der Waals surface area contributed by atoms with E-state index in [0.29, 0.717) is 5.76 Å². The quantitative estimate of drug-likeness (QED) is 0.844. The van der Waals surface area contributed by atoms with Crippen LogP contribution in [0.2, 0.25) is 0 Å². The molecule has 0 fully saturated rings. The SMILES string of the molecule is CCc1ccc(C(COC)NS(=O)(=O)c2nccs2)o1. The van der Waals surface area contributed by atoms with Crippen molar-refractivity contribution in [2.75, 3.05) is 13.7 Å². The molecular weight excluding hydrogens is 300 g/mol. The number of nitrogens with one attached hydrogen (secondary N) is 1. The van der Waals surface area contributed by atoms with Crippen molar-refractivity contribution < 1.29 is 17.6 Å². The minimum atomic E-state index is -3.67. The standard InChI is InChI=1S/C12H16N2O4S2/c1-3-9-4-5-11(18-9)10(8-17-2)14-20(15,16)12-13-6-7-19-12/h4-7,10,14H,3,8H2,1-2H3. The van der Waals surface area contributed by atoms with E-state index in [1.165, 1.54) is 13.3 Å². The zero-order valence-corrected chi connectivity index (χ0v) is 12.8. The molecule has 6 nitrogen and oxygen atoms in total. The molecule has 1 unspecified atom stereocenters. The lowest BCUT2D eigenvalue weighted by atomic mass is 10.2. The van der Waals surface area contributed by atoms with Crippen LogP contribution < -0.4 is 4.72 Å². The maximum atomic E-state index is 12.2. The number of thiazole rings is 1. The van der Waals surface area contributed by atoms with Gasteiger partial charge < -0.3 is 9.15 Å². The lowest BCUT2D eigenvalue weighted by Gasteiger charge is -2.14. The summed E-state index contributed by atoms with van der Waals surface area (Å²) >= 11 is 1.06. The molecule has 0 spiro atoms. The average molecular weight is 316 g/mol. The minimum absolute atomic E-state index is 0.0286. The Morgan fingerprint density at radius 3 is 2.85 bits per heavy atom. The summed E-state index contributed by atoms with van der Waals surface area (Å²) in [4.78, 5) is 3.81. The molecule has 8 heteroatoms. The molecule has 1 atom stereocenters. The predicted octanol–water partition coefficient (Wildman–Crippen LogP) is 1.96. The highest BCUT2D eigenvalue weighted by molar-refractivity contribution is 7.91. The summed E-state index contributed by atoms with van der Waals surface area (Å²) in [6.45, 7) is 2.15. The van der Waals surface area contributed by atoms with Gasteiger partial charge in [-0.15, -0.1) is 11.3 Å². The molecule has 0 saturated carbocycles. The van der Waals surface area contributed by atoms with E-state index in [9.17, 15) is 8.42 Å². The third-order valence-corrected chi connectivity index (χ3v) is 5.32. The van der Waals surface area contributed by atoms with E-state index < -0.39 is 16.1 Å². The van der Waals surface area contributed by atoms with Gasteiger partial charge >= 0.3 is 0 Å². The van der Waals surface area contributed by atoms with E-state index in [1.54, 1.807) is 11.4 Å². The number of furan rings is 1. The number of ether oxygens (including phenoxy) is 1. The average Bonchev–Trinajstić information content (AvgIpc) is 3.09. The second-order valence-corrected chi connectivity index (χ2v) is 6.87. The first-order chi connectivity index (χ1) is 9.56. The molecule has 0 saturated heterocycles. The summed E-state index contributed by atoms with van der Waals surface area (Å²) in [5.41, 5.74) is 0. The number of methoxy groups -OCH3 is 1. The van der Waals surface area contributed by atoms with Crippen LogP contribution in [0.4, 0.5) is 0 Å². The van der Waals surface area contributed by atoms with Crippen molar-refractivity contribution in [3.8, 4) is 0 Å². The smallest absolute Gasteiger partial charge is 0.268 e. The van der Waals surface area contributed by atoms with Gasteiger partial charge in [0.1, 0.15) is 17.6 Å². The van der Waals surface area contributed by atoms with Crippen molar-refractivity contribution in [2.24, 2.45) is 0 Å². The molecule has 2 heterocycles. The van der Waals surface area contributed by atoms with Crippen LogP contribution in [0, 0.1) is 0 Å². The Morgan fingerprint density at radius 2 is 2.30 bits per heavy atom. The molecule has 0 radical (unpaired) electrons. The van der Waals surface area contributed by atoms with Crippen LogP contribution in [0.5, 0.6) is 0 Å². The van der Waals surface area contributed by atoms with Gasteiger partial charge in [0.25, 0.3) is 10.0 Å². The molecular formula is C12H16N2O4S2. The molecule has 0 aliphatic heterocycles. The topological polar surface area (TPSA) is 81.4 Å². The zero-order valence-electron chi connectivity index (χ0n) is 11.2. The largest absolute Gasteiger partial charge is 0.464 e. The zero-order chi connectivity index (χ0) is 14.6. The Hall–Kier alpha value is -1.22. The van der Waals surface area contributed by atoms with Crippen LogP contribution in [-0.4, -0.2) is 27.1 Å². The van der Waals surface area contributed by atoms with Crippen molar-refractivity contribution in [1.82, 2.24) is 9.71 Å². The van der Waals surface area contributed by atoms with Gasteiger partial charge in [0, 0.05) is 25.1 Å². The molecule has 1 N–H and O–H groups in total. The van der Waals surface area contributed by atoms with Gasteiger partial charge in [0.05, 0.1) is 6.61 Å². The normalized spacial score (nSPS) is 13.5. The Balaban J connectivity index is 2.21. The third kappa shape index (κ3) is 3.45. The van der Waals surface area contributed by atoms with Crippen LogP contribution in [0.1, 0.15) is 24.5 Å². The highest BCUT2D eigenvalue weighted by Crippen LogP contribution is 2.21. The fourth-order valence-electron chi connectivity index (χ4n) is 1.69. The van der Waals surface area contributed by atoms with E-state index in [1.807, 2.05) is 13.0 Å². The van der Waals surface area contributed by atoms with Crippen molar-refractivity contribution in [1.29, 1.82) is 0 Å². The Labute approximate surface area is 121 Å². The van der Waals surface area contributed by atoms with Crippen molar-refractivity contribution in [3.05, 3.63) is 35.2 Å². The minimum Gasteiger partial charge on any atom is -0.464 e. The molecule has 2 aromatic heterocycles. The molecule has 110 valence electrons. The first-order valence-corrected chi connectivity index (χ1v) is 8.42. The van der Waals surface area contributed by atoms with E-state index in [-0.39, 0.29) is 10.9 Å². The number of sulfonamides is 1. The number of hydrogen-bond donors (Lipinski definition) is 1. The number of aryl methyl sites for hydroxylation is 1. The van der Waals surface area contributed by atoms with Crippen molar-refractivity contribution >= 4 is 21.4 Å². The number of aromatic nitrogens is 1. The Morgan fingerprint density at radius 1 is 1.50 bits per heavy atom. The molecule has 2 rings (SSSR count). The van der Waals surface area contributed by atoms with Gasteiger partial charge in [-0.3, -0.25) is 0 Å². The number of rotatable bonds is 7. The van der Waals surface area contributed by atoms with Crippen molar-refractivity contribution in [3.63, 3.8) is 0 Å². The van der Waals surface area contributed by atoms with E-state index in [2.05, 4.69) is 9.71 Å². The van der Waals surface area contributed by atoms with Crippen LogP contribution in [0.25, 0.3) is 0 Å². The van der Waals surface area contributed by atoms with Gasteiger partial charge in [-0.05, 0) is 12.1 Å². The lowest BCUT2D eigenvalue weighted by molar-refractivity contribution is 0.166. The van der Waals surface area contributed by atoms with Gasteiger partial charge in [-0.2, -0.15) is 4.72 Å². The van der Waals surface area contributed by atoms with Crippen molar-refractivity contribution in [2.45, 2.75) is 23.7 Å². The third-order valence-electron chi connectivity index (χ3n) is 2.64. The first kappa shape index (κ1) is 15.2. The summed E-state index contributed by atoms with van der Waals surface area (Å²) in [5, 5.41) is 1.61. The fraction of sp³-hybridized carbons (Fsp3) is 0.417. The second-order valence-electron chi connectivity index (χ2n) is 4.08. The van der Waals surface area contributed by atoms with E-state index in [4.69, 9.17) is 9.15 Å². The highest BCUT2D eigenvalue weighted by Gasteiger charge is 2.25. The van der Waals surface area contributed by atoms with Crippen LogP contribution in [0.15, 0.2) is 32.5 Å². The summed E-state index contributed by atoms with van der Waals surface area (Å²) in [5.74, 6) is 1.33. The maximum Gasteiger partial charge on any atom is 0.268 e. The summed E-state index contributed by atoms with van der Waals surface area (Å²) in [6.07, 6.45) is 2.20. The summed E-state index contributed by atoms with van der Waals surface area (Å²) in [6, 6.07) is 3.01. The van der Waals surface area contributed by atoms with Crippen LogP contribution in [0.3, 0.4) is 0 Å². The number of nitrogens with zero attached hydrogens (tertiary/aromatic N) is 1. The van der Waals surface area contributed by atoms with E-state index in [0.717, 1.165) is 23.5 Å². The van der Waals surface area contributed by atoms with Gasteiger partial charge in [-0.25, -0.2) is 13.4 Å². The van der Waals surface area contributed by atoms with Gasteiger partial charge in [0.2, 0.25) is 4.34 Å². The Kier molecular flexibility index (Phi) is 4.92. The molecule has 0 amide bonds. The number of hydrogen-bond acceptors (Lipinski definition) is 6. The van der Waals surface area contributed by atoms with E-state index >= 15 is 0 Å².